The van der Waals surface area contributed by atoms with E-state index in [-0.39, 0.29) is 5.91 Å². The summed E-state index contributed by atoms with van der Waals surface area (Å²) in [6.45, 7) is 5.06. The molecule has 1 aromatic heterocycles. The number of carbonyl (C=O) groups is 1. The third-order valence-electron chi connectivity index (χ3n) is 4.34. The summed E-state index contributed by atoms with van der Waals surface area (Å²) in [6, 6.07) is 3.77. The highest BCUT2D eigenvalue weighted by Gasteiger charge is 2.45. The third kappa shape index (κ3) is 2.23. The van der Waals surface area contributed by atoms with Crippen molar-refractivity contribution in [2.45, 2.75) is 19.4 Å². The van der Waals surface area contributed by atoms with E-state index in [0.717, 1.165) is 26.1 Å². The van der Waals surface area contributed by atoms with Crippen LogP contribution < -0.4 is 5.32 Å². The molecule has 0 aliphatic carbocycles. The molecule has 4 nitrogen and oxygen atoms in total. The summed E-state index contributed by atoms with van der Waals surface area (Å²) in [5.74, 6) is 1.24. The lowest BCUT2D eigenvalue weighted by atomic mass is 9.93. The normalized spacial score (nSPS) is 29.6. The number of pyridine rings is 1. The first-order valence-corrected chi connectivity index (χ1v) is 7.21. The Balaban J connectivity index is 1.81. The van der Waals surface area contributed by atoms with Gasteiger partial charge in [-0.3, -0.25) is 4.79 Å². The minimum atomic E-state index is 0.0397. The second-order valence-corrected chi connectivity index (χ2v) is 5.81. The van der Waals surface area contributed by atoms with Crippen molar-refractivity contribution in [2.24, 2.45) is 11.8 Å². The monoisotopic (exact) mass is 279 g/mol. The van der Waals surface area contributed by atoms with E-state index in [4.69, 9.17) is 11.6 Å². The highest BCUT2D eigenvalue weighted by Crippen LogP contribution is 2.34. The van der Waals surface area contributed by atoms with Gasteiger partial charge in [-0.1, -0.05) is 18.5 Å². The van der Waals surface area contributed by atoms with Crippen LogP contribution in [0.3, 0.4) is 0 Å². The van der Waals surface area contributed by atoms with Gasteiger partial charge in [0.1, 0.15) is 5.69 Å². The van der Waals surface area contributed by atoms with Crippen LogP contribution in [0.25, 0.3) is 0 Å². The zero-order valence-corrected chi connectivity index (χ0v) is 11.7. The maximum atomic E-state index is 12.6. The number of rotatable bonds is 2. The van der Waals surface area contributed by atoms with Gasteiger partial charge in [0.2, 0.25) is 0 Å². The largest absolute Gasteiger partial charge is 0.334 e. The molecule has 19 heavy (non-hydrogen) atoms. The molecular formula is C14H18ClN3O. The van der Waals surface area contributed by atoms with Crippen molar-refractivity contribution in [1.82, 2.24) is 15.2 Å². The van der Waals surface area contributed by atoms with Gasteiger partial charge in [0, 0.05) is 31.9 Å². The van der Waals surface area contributed by atoms with E-state index in [0.29, 0.717) is 28.6 Å². The number of likely N-dealkylation sites (tertiary alicyclic amines) is 1. The molecule has 2 aliphatic rings. The number of aromatic nitrogens is 1. The fraction of sp³-hybridized carbons (Fsp3) is 0.571. The fourth-order valence-corrected chi connectivity index (χ4v) is 3.54. The zero-order chi connectivity index (χ0) is 13.4. The van der Waals surface area contributed by atoms with Crippen molar-refractivity contribution in [1.29, 1.82) is 0 Å². The van der Waals surface area contributed by atoms with Crippen molar-refractivity contribution in [3.05, 3.63) is 29.0 Å². The van der Waals surface area contributed by atoms with Crippen molar-refractivity contribution in [2.75, 3.05) is 19.6 Å². The van der Waals surface area contributed by atoms with E-state index in [9.17, 15) is 4.79 Å². The average molecular weight is 280 g/mol. The zero-order valence-electron chi connectivity index (χ0n) is 11.0. The number of carbonyl (C=O) groups excluding carboxylic acids is 1. The van der Waals surface area contributed by atoms with Crippen LogP contribution >= 0.6 is 11.6 Å². The summed E-state index contributed by atoms with van der Waals surface area (Å²) < 4.78 is 0. The van der Waals surface area contributed by atoms with Gasteiger partial charge in [0.25, 0.3) is 5.91 Å². The van der Waals surface area contributed by atoms with E-state index in [2.05, 4.69) is 17.2 Å². The molecule has 0 aromatic carbocycles. The Labute approximate surface area is 118 Å². The predicted molar refractivity (Wildman–Crippen MR) is 74.2 cm³/mol. The Kier molecular flexibility index (Phi) is 3.46. The maximum Gasteiger partial charge on any atom is 0.272 e. The van der Waals surface area contributed by atoms with Crippen molar-refractivity contribution >= 4 is 17.5 Å². The molecule has 1 aromatic rings. The number of halogens is 1. The van der Waals surface area contributed by atoms with E-state index >= 15 is 0 Å². The van der Waals surface area contributed by atoms with Crippen LogP contribution in [-0.2, 0) is 0 Å². The lowest BCUT2D eigenvalue weighted by Crippen LogP contribution is -2.39. The van der Waals surface area contributed by atoms with Crippen LogP contribution in [0.1, 0.15) is 23.8 Å². The molecule has 1 amide bonds. The van der Waals surface area contributed by atoms with Gasteiger partial charge in [0.05, 0.1) is 5.02 Å². The fourth-order valence-electron chi connectivity index (χ4n) is 3.43. The van der Waals surface area contributed by atoms with Gasteiger partial charge in [0.15, 0.2) is 0 Å². The van der Waals surface area contributed by atoms with Crippen molar-refractivity contribution in [3.63, 3.8) is 0 Å². The maximum absolute atomic E-state index is 12.6. The highest BCUT2D eigenvalue weighted by atomic mass is 35.5. The molecule has 5 heteroatoms. The van der Waals surface area contributed by atoms with Crippen molar-refractivity contribution in [3.8, 4) is 0 Å². The Hall–Kier alpha value is -1.13. The summed E-state index contributed by atoms with van der Waals surface area (Å²) in [7, 11) is 0. The molecule has 0 radical (unpaired) electrons. The van der Waals surface area contributed by atoms with Crippen LogP contribution in [0, 0.1) is 11.8 Å². The topological polar surface area (TPSA) is 45.2 Å². The standard InChI is InChI=1S/C14H18ClN3O/c1-2-13-11-7-16-5-9(11)8-18(13)14(19)12-4-3-10(15)6-17-12/h3-4,6,9,11,13,16H,2,5,7-8H2,1H3. The van der Waals surface area contributed by atoms with Crippen LogP contribution in [-0.4, -0.2) is 41.5 Å². The van der Waals surface area contributed by atoms with E-state index < -0.39 is 0 Å². The van der Waals surface area contributed by atoms with Gasteiger partial charge in [-0.2, -0.15) is 0 Å². The summed E-state index contributed by atoms with van der Waals surface area (Å²) >= 11 is 5.81. The van der Waals surface area contributed by atoms with Gasteiger partial charge >= 0.3 is 0 Å². The summed E-state index contributed by atoms with van der Waals surface area (Å²) in [4.78, 5) is 18.7. The second kappa shape index (κ2) is 5.10. The van der Waals surface area contributed by atoms with Crippen LogP contribution in [0.2, 0.25) is 5.02 Å². The molecule has 2 fully saturated rings. The Bertz CT molecular complexity index is 476. The number of amides is 1. The molecule has 3 heterocycles. The number of fused-ring (bicyclic) bond motifs is 1. The molecule has 2 aliphatic heterocycles. The second-order valence-electron chi connectivity index (χ2n) is 5.38. The van der Waals surface area contributed by atoms with E-state index in [1.807, 2.05) is 4.90 Å². The van der Waals surface area contributed by atoms with Crippen LogP contribution in [0.15, 0.2) is 18.3 Å². The Morgan fingerprint density at radius 1 is 1.53 bits per heavy atom. The number of hydrogen-bond acceptors (Lipinski definition) is 3. The summed E-state index contributed by atoms with van der Waals surface area (Å²) in [6.07, 6.45) is 2.54. The molecule has 2 saturated heterocycles. The van der Waals surface area contributed by atoms with E-state index in [1.165, 1.54) is 6.20 Å². The number of nitrogens with one attached hydrogen (secondary N) is 1. The third-order valence-corrected chi connectivity index (χ3v) is 4.57. The summed E-state index contributed by atoms with van der Waals surface area (Å²) in [5.41, 5.74) is 0.496. The molecule has 1 N–H and O–H groups in total. The van der Waals surface area contributed by atoms with Crippen LogP contribution in [0.5, 0.6) is 0 Å². The lowest BCUT2D eigenvalue weighted by molar-refractivity contribution is 0.0705. The quantitative estimate of drug-likeness (QED) is 0.898. The molecule has 0 spiro atoms. The van der Waals surface area contributed by atoms with Gasteiger partial charge in [-0.05, 0) is 30.4 Å². The predicted octanol–water partition coefficient (Wildman–Crippen LogP) is 1.81. The number of hydrogen-bond donors (Lipinski definition) is 1. The average Bonchev–Trinajstić information content (AvgIpc) is 2.98. The molecule has 3 rings (SSSR count). The summed E-state index contributed by atoms with van der Waals surface area (Å²) in [5, 5.41) is 3.99. The SMILES string of the molecule is CCC1C2CNCC2CN1C(=O)c1ccc(Cl)cn1. The van der Waals surface area contributed by atoms with Gasteiger partial charge in [-0.15, -0.1) is 0 Å². The highest BCUT2D eigenvalue weighted by molar-refractivity contribution is 6.30. The molecule has 3 atom stereocenters. The van der Waals surface area contributed by atoms with E-state index in [1.54, 1.807) is 12.1 Å². The molecular weight excluding hydrogens is 262 g/mol. The Morgan fingerprint density at radius 2 is 2.37 bits per heavy atom. The molecule has 0 bridgehead atoms. The minimum Gasteiger partial charge on any atom is -0.334 e. The van der Waals surface area contributed by atoms with Gasteiger partial charge in [-0.25, -0.2) is 4.98 Å². The molecule has 102 valence electrons. The first-order chi connectivity index (χ1) is 9.20. The number of nitrogens with zero attached hydrogens (tertiary/aromatic N) is 2. The van der Waals surface area contributed by atoms with Gasteiger partial charge < -0.3 is 10.2 Å². The first kappa shape index (κ1) is 12.9. The molecule has 0 saturated carbocycles. The first-order valence-electron chi connectivity index (χ1n) is 6.84. The smallest absolute Gasteiger partial charge is 0.272 e. The lowest BCUT2D eigenvalue weighted by Gasteiger charge is -2.26. The Morgan fingerprint density at radius 3 is 3.05 bits per heavy atom. The molecule has 3 unspecified atom stereocenters. The minimum absolute atomic E-state index is 0.0397. The van der Waals surface area contributed by atoms with Crippen molar-refractivity contribution < 1.29 is 4.79 Å². The van der Waals surface area contributed by atoms with Crippen LogP contribution in [0.4, 0.5) is 0 Å².